The Kier molecular flexibility index (Phi) is 4.10. The first-order chi connectivity index (χ1) is 9.06. The molecular weight excluding hydrogens is 232 g/mol. The highest BCUT2D eigenvalue weighted by Gasteiger charge is 2.03. The molecule has 0 spiro atoms. The van der Waals surface area contributed by atoms with E-state index in [4.69, 9.17) is 5.73 Å². The van der Waals surface area contributed by atoms with Crippen molar-refractivity contribution in [2.75, 3.05) is 17.7 Å². The third-order valence-electron chi connectivity index (χ3n) is 3.40. The summed E-state index contributed by atoms with van der Waals surface area (Å²) in [7, 11) is 2.10. The van der Waals surface area contributed by atoms with Crippen LogP contribution in [0.2, 0.25) is 0 Å². The number of benzene rings is 2. The fraction of sp³-hybridized carbons (Fsp3) is 0.294. The van der Waals surface area contributed by atoms with E-state index in [1.807, 2.05) is 12.1 Å². The summed E-state index contributed by atoms with van der Waals surface area (Å²) in [6.07, 6.45) is 0. The van der Waals surface area contributed by atoms with Crippen LogP contribution in [0.3, 0.4) is 0 Å². The van der Waals surface area contributed by atoms with Crippen LogP contribution in [0.25, 0.3) is 0 Å². The van der Waals surface area contributed by atoms with Crippen molar-refractivity contribution in [1.29, 1.82) is 0 Å². The van der Waals surface area contributed by atoms with Crippen molar-refractivity contribution in [3.63, 3.8) is 0 Å². The average molecular weight is 254 g/mol. The molecule has 0 aromatic heterocycles. The monoisotopic (exact) mass is 254 g/mol. The Balaban J connectivity index is 2.06. The zero-order valence-electron chi connectivity index (χ0n) is 11.9. The Bertz CT molecular complexity index is 512. The van der Waals surface area contributed by atoms with Crippen LogP contribution in [0.1, 0.15) is 30.9 Å². The molecule has 2 N–H and O–H groups in total. The number of nitrogens with two attached hydrogens (primary N) is 1. The molecule has 0 fully saturated rings. The van der Waals surface area contributed by atoms with E-state index in [0.29, 0.717) is 5.92 Å². The van der Waals surface area contributed by atoms with Crippen molar-refractivity contribution in [3.05, 3.63) is 59.7 Å². The smallest absolute Gasteiger partial charge is 0.0426 e. The summed E-state index contributed by atoms with van der Waals surface area (Å²) in [5.74, 6) is 0.587. The van der Waals surface area contributed by atoms with Gasteiger partial charge in [-0.3, -0.25) is 0 Å². The zero-order chi connectivity index (χ0) is 13.8. The molecule has 2 heteroatoms. The quantitative estimate of drug-likeness (QED) is 0.835. The van der Waals surface area contributed by atoms with Crippen LogP contribution < -0.4 is 10.6 Å². The third-order valence-corrected chi connectivity index (χ3v) is 3.40. The third kappa shape index (κ3) is 3.50. The molecule has 0 radical (unpaired) electrons. The average Bonchev–Trinajstić information content (AvgIpc) is 2.40. The molecule has 0 aliphatic rings. The van der Waals surface area contributed by atoms with Crippen LogP contribution in [0, 0.1) is 0 Å². The van der Waals surface area contributed by atoms with E-state index < -0.39 is 0 Å². The number of hydrogen-bond acceptors (Lipinski definition) is 2. The molecule has 100 valence electrons. The highest BCUT2D eigenvalue weighted by Crippen LogP contribution is 2.19. The topological polar surface area (TPSA) is 29.3 Å². The van der Waals surface area contributed by atoms with Gasteiger partial charge in [-0.05, 0) is 41.3 Å². The van der Waals surface area contributed by atoms with E-state index in [-0.39, 0.29) is 0 Å². The van der Waals surface area contributed by atoms with Gasteiger partial charge in [0.2, 0.25) is 0 Å². The first-order valence-corrected chi connectivity index (χ1v) is 6.72. The Hall–Kier alpha value is -1.96. The number of anilines is 2. The minimum atomic E-state index is 0.587. The standard InChI is InChI=1S/C17H22N2/c1-13(2)15-6-4-14(5-7-15)12-19(3)17-10-8-16(18)9-11-17/h4-11,13H,12,18H2,1-3H3. The number of nitrogens with zero attached hydrogens (tertiary/aromatic N) is 1. The minimum absolute atomic E-state index is 0.587. The second-order valence-electron chi connectivity index (χ2n) is 5.34. The molecule has 0 heterocycles. The SMILES string of the molecule is CC(C)c1ccc(CN(C)c2ccc(N)cc2)cc1. The molecular formula is C17H22N2. The lowest BCUT2D eigenvalue weighted by Gasteiger charge is -2.20. The minimum Gasteiger partial charge on any atom is -0.399 e. The van der Waals surface area contributed by atoms with Gasteiger partial charge in [0.15, 0.2) is 0 Å². The summed E-state index contributed by atoms with van der Waals surface area (Å²) < 4.78 is 0. The van der Waals surface area contributed by atoms with Crippen LogP contribution in [-0.2, 0) is 6.54 Å². The maximum atomic E-state index is 5.71. The number of hydrogen-bond donors (Lipinski definition) is 1. The highest BCUT2D eigenvalue weighted by molar-refractivity contribution is 5.52. The molecule has 0 aliphatic carbocycles. The van der Waals surface area contributed by atoms with Gasteiger partial charge in [-0.1, -0.05) is 38.1 Å². The number of nitrogen functional groups attached to an aromatic ring is 1. The molecule has 0 amide bonds. The molecule has 0 unspecified atom stereocenters. The Labute approximate surface area is 115 Å². The summed E-state index contributed by atoms with van der Waals surface area (Å²) in [5, 5.41) is 0. The van der Waals surface area contributed by atoms with E-state index >= 15 is 0 Å². The van der Waals surface area contributed by atoms with E-state index in [2.05, 4.69) is 62.2 Å². The van der Waals surface area contributed by atoms with E-state index in [1.54, 1.807) is 0 Å². The van der Waals surface area contributed by atoms with Gasteiger partial charge in [-0.25, -0.2) is 0 Å². The first-order valence-electron chi connectivity index (χ1n) is 6.72. The summed E-state index contributed by atoms with van der Waals surface area (Å²) in [4.78, 5) is 2.23. The van der Waals surface area contributed by atoms with Gasteiger partial charge in [0.1, 0.15) is 0 Å². The lowest BCUT2D eigenvalue weighted by atomic mass is 10.0. The molecule has 0 saturated heterocycles. The van der Waals surface area contributed by atoms with Gasteiger partial charge in [0, 0.05) is 25.0 Å². The van der Waals surface area contributed by atoms with Crippen molar-refractivity contribution in [2.24, 2.45) is 0 Å². The lowest BCUT2D eigenvalue weighted by molar-refractivity contribution is 0.861. The fourth-order valence-electron chi connectivity index (χ4n) is 2.10. The van der Waals surface area contributed by atoms with Crippen molar-refractivity contribution in [2.45, 2.75) is 26.3 Å². The molecule has 0 aliphatic heterocycles. The second kappa shape index (κ2) is 5.79. The molecule has 2 nitrogen and oxygen atoms in total. The second-order valence-corrected chi connectivity index (χ2v) is 5.34. The van der Waals surface area contributed by atoms with Gasteiger partial charge in [-0.2, -0.15) is 0 Å². The molecule has 2 rings (SSSR count). The Morgan fingerprint density at radius 3 is 2.05 bits per heavy atom. The summed E-state index contributed by atoms with van der Waals surface area (Å²) >= 11 is 0. The van der Waals surface area contributed by atoms with Crippen molar-refractivity contribution >= 4 is 11.4 Å². The molecule has 2 aromatic rings. The maximum absolute atomic E-state index is 5.71. The summed E-state index contributed by atoms with van der Waals surface area (Å²) in [5.41, 5.74) is 10.4. The van der Waals surface area contributed by atoms with E-state index in [0.717, 1.165) is 12.2 Å². The maximum Gasteiger partial charge on any atom is 0.0426 e. The molecule has 0 saturated carbocycles. The first kappa shape index (κ1) is 13.5. The summed E-state index contributed by atoms with van der Waals surface area (Å²) in [6, 6.07) is 16.8. The lowest BCUT2D eigenvalue weighted by Crippen LogP contribution is -2.16. The summed E-state index contributed by atoms with van der Waals surface area (Å²) in [6.45, 7) is 5.34. The van der Waals surface area contributed by atoms with E-state index in [9.17, 15) is 0 Å². The van der Waals surface area contributed by atoms with Crippen molar-refractivity contribution in [1.82, 2.24) is 0 Å². The van der Waals surface area contributed by atoms with Crippen LogP contribution in [0.15, 0.2) is 48.5 Å². The predicted octanol–water partition coefficient (Wildman–Crippen LogP) is 4.03. The Morgan fingerprint density at radius 1 is 0.947 bits per heavy atom. The van der Waals surface area contributed by atoms with Gasteiger partial charge < -0.3 is 10.6 Å². The van der Waals surface area contributed by atoms with Gasteiger partial charge >= 0.3 is 0 Å². The zero-order valence-corrected chi connectivity index (χ0v) is 11.9. The largest absolute Gasteiger partial charge is 0.399 e. The van der Waals surface area contributed by atoms with Crippen LogP contribution in [-0.4, -0.2) is 7.05 Å². The predicted molar refractivity (Wildman–Crippen MR) is 83.5 cm³/mol. The Morgan fingerprint density at radius 2 is 1.53 bits per heavy atom. The van der Waals surface area contributed by atoms with Gasteiger partial charge in [0.05, 0.1) is 0 Å². The normalized spacial score (nSPS) is 10.7. The van der Waals surface area contributed by atoms with Crippen molar-refractivity contribution < 1.29 is 0 Å². The van der Waals surface area contributed by atoms with Crippen LogP contribution in [0.5, 0.6) is 0 Å². The van der Waals surface area contributed by atoms with Gasteiger partial charge in [-0.15, -0.1) is 0 Å². The highest BCUT2D eigenvalue weighted by atomic mass is 15.1. The fourth-order valence-corrected chi connectivity index (χ4v) is 2.10. The molecule has 0 atom stereocenters. The molecule has 0 bridgehead atoms. The van der Waals surface area contributed by atoms with E-state index in [1.165, 1.54) is 16.8 Å². The van der Waals surface area contributed by atoms with Crippen LogP contribution >= 0.6 is 0 Å². The molecule has 19 heavy (non-hydrogen) atoms. The van der Waals surface area contributed by atoms with Gasteiger partial charge in [0.25, 0.3) is 0 Å². The van der Waals surface area contributed by atoms with Crippen LogP contribution in [0.4, 0.5) is 11.4 Å². The van der Waals surface area contributed by atoms with Crippen molar-refractivity contribution in [3.8, 4) is 0 Å². The number of rotatable bonds is 4. The molecule has 2 aromatic carbocycles.